The summed E-state index contributed by atoms with van der Waals surface area (Å²) in [5.74, 6) is 0.275. The molecule has 0 N–H and O–H groups in total. The number of halogens is 1. The first-order chi connectivity index (χ1) is 18.2. The molecule has 0 bridgehead atoms. The van der Waals surface area contributed by atoms with Gasteiger partial charge in [-0.05, 0) is 62.4 Å². The predicted molar refractivity (Wildman–Crippen MR) is 145 cm³/mol. The molecule has 2 aliphatic rings. The smallest absolute Gasteiger partial charge is 0.343 e. The van der Waals surface area contributed by atoms with Crippen molar-refractivity contribution in [1.82, 2.24) is 23.2 Å². The number of hydrogen-bond donors (Lipinski definition) is 0. The van der Waals surface area contributed by atoms with Crippen LogP contribution in [0.5, 0.6) is 5.75 Å². The quantitative estimate of drug-likeness (QED) is 0.454. The fourth-order valence-corrected chi connectivity index (χ4v) is 6.92. The number of imidazole rings is 1. The second-order valence-electron chi connectivity index (χ2n) is 9.90. The second-order valence-corrected chi connectivity index (χ2v) is 12.1. The van der Waals surface area contributed by atoms with Crippen LogP contribution in [0.2, 0.25) is 5.02 Å². The fourth-order valence-electron chi connectivity index (χ4n) is 5.34. The molecule has 204 valence electrons. The summed E-state index contributed by atoms with van der Waals surface area (Å²) in [6.45, 7) is 5.12. The molecule has 3 aromatic rings. The predicted octanol–water partition coefficient (Wildman–Crippen LogP) is 1.94. The Balaban J connectivity index is 1.40. The van der Waals surface area contributed by atoms with Gasteiger partial charge in [-0.15, -0.1) is 0 Å². The highest BCUT2D eigenvalue weighted by molar-refractivity contribution is 7.90. The van der Waals surface area contributed by atoms with Gasteiger partial charge in [-0.1, -0.05) is 11.6 Å². The Labute approximate surface area is 227 Å². The number of nitrogens with zero attached hydrogens (tertiary/aromatic N) is 5. The summed E-state index contributed by atoms with van der Waals surface area (Å²) in [5, 5.41) is 0.339. The van der Waals surface area contributed by atoms with Crippen LogP contribution in [0.15, 0.2) is 52.2 Å². The van der Waals surface area contributed by atoms with Crippen LogP contribution in [0, 0.1) is 0 Å². The molecule has 5 rings (SSSR count). The van der Waals surface area contributed by atoms with Gasteiger partial charge in [0.1, 0.15) is 12.3 Å². The average Bonchev–Trinajstić information content (AvgIpc) is 3.20. The number of carbonyl (C=O) groups is 1. The molecule has 0 atom stereocenters. The van der Waals surface area contributed by atoms with Crippen LogP contribution in [0.1, 0.15) is 12.8 Å². The molecule has 2 aromatic carbocycles. The third kappa shape index (κ3) is 5.07. The molecule has 0 saturated carbocycles. The van der Waals surface area contributed by atoms with E-state index in [-0.39, 0.29) is 22.9 Å². The minimum absolute atomic E-state index is 0.0632. The molecule has 2 fully saturated rings. The number of likely N-dealkylation sites (N-methyl/N-ethyl adjacent to an activating group) is 1. The third-order valence-electron chi connectivity index (χ3n) is 7.61. The number of ether oxygens (including phenoxy) is 1. The molecule has 38 heavy (non-hydrogen) atoms. The zero-order valence-corrected chi connectivity index (χ0v) is 23.1. The molecule has 0 aliphatic carbocycles. The van der Waals surface area contributed by atoms with Crippen molar-refractivity contribution in [3.8, 4) is 5.75 Å². The molecular formula is C26H32ClN5O5S. The molecule has 3 heterocycles. The first kappa shape index (κ1) is 26.7. The van der Waals surface area contributed by atoms with Gasteiger partial charge in [0.05, 0.1) is 23.0 Å². The highest BCUT2D eigenvalue weighted by Crippen LogP contribution is 2.25. The lowest BCUT2D eigenvalue weighted by Gasteiger charge is -2.42. The zero-order chi connectivity index (χ0) is 27.0. The molecule has 1 aromatic heterocycles. The van der Waals surface area contributed by atoms with Crippen molar-refractivity contribution < 1.29 is 17.9 Å². The molecule has 12 heteroatoms. The SMILES string of the molecule is COc1ccc(S(=O)(=O)n2c(=O)n(CC(=O)N3CCC(N4CCN(C)CC4)CC3)c3cc(Cl)ccc32)cc1. The number of likely N-dealkylation sites (tertiary alicyclic amines) is 1. The number of piperazine rings is 1. The van der Waals surface area contributed by atoms with Crippen molar-refractivity contribution in [2.24, 2.45) is 0 Å². The van der Waals surface area contributed by atoms with Crippen LogP contribution in [0.25, 0.3) is 11.0 Å². The van der Waals surface area contributed by atoms with E-state index in [9.17, 15) is 18.0 Å². The maximum Gasteiger partial charge on any atom is 0.343 e. The van der Waals surface area contributed by atoms with Gasteiger partial charge in [0, 0.05) is 50.3 Å². The topological polar surface area (TPSA) is 97.1 Å². The van der Waals surface area contributed by atoms with E-state index in [1.165, 1.54) is 54.1 Å². The van der Waals surface area contributed by atoms with Gasteiger partial charge in [-0.2, -0.15) is 3.97 Å². The summed E-state index contributed by atoms with van der Waals surface area (Å²) in [4.78, 5) is 33.4. The second kappa shape index (κ2) is 10.7. The highest BCUT2D eigenvalue weighted by Gasteiger charge is 2.30. The van der Waals surface area contributed by atoms with E-state index in [1.54, 1.807) is 4.90 Å². The Bertz CT molecular complexity index is 1480. The molecule has 0 radical (unpaired) electrons. The standard InChI is InChI=1S/C26H32ClN5O5S/c1-28-13-15-29(16-14-28)20-9-11-30(12-10-20)25(33)18-31-24-17-19(27)3-8-23(24)32(26(31)34)38(35,36)22-6-4-21(37-2)5-7-22/h3-8,17,20H,9-16,18H2,1-2H3. The normalized spacial score (nSPS) is 18.2. The number of fused-ring (bicyclic) bond motifs is 1. The average molecular weight is 562 g/mol. The van der Waals surface area contributed by atoms with Crippen molar-refractivity contribution in [1.29, 1.82) is 0 Å². The zero-order valence-electron chi connectivity index (χ0n) is 21.5. The number of hydrogen-bond acceptors (Lipinski definition) is 7. The first-order valence-corrected chi connectivity index (χ1v) is 14.5. The molecular weight excluding hydrogens is 530 g/mol. The molecule has 10 nitrogen and oxygen atoms in total. The Morgan fingerprint density at radius 1 is 0.974 bits per heavy atom. The summed E-state index contributed by atoms with van der Waals surface area (Å²) in [7, 11) is -0.631. The van der Waals surface area contributed by atoms with Crippen molar-refractivity contribution in [3.05, 3.63) is 58.0 Å². The minimum atomic E-state index is -4.25. The van der Waals surface area contributed by atoms with Crippen LogP contribution >= 0.6 is 11.6 Å². The van der Waals surface area contributed by atoms with Gasteiger partial charge in [-0.25, -0.2) is 13.2 Å². The van der Waals surface area contributed by atoms with E-state index in [0.29, 0.717) is 35.4 Å². The highest BCUT2D eigenvalue weighted by atomic mass is 35.5. The van der Waals surface area contributed by atoms with Gasteiger partial charge in [0.2, 0.25) is 5.91 Å². The van der Waals surface area contributed by atoms with Crippen molar-refractivity contribution >= 4 is 38.6 Å². The Morgan fingerprint density at radius 2 is 1.63 bits per heavy atom. The van der Waals surface area contributed by atoms with Crippen LogP contribution in [0.3, 0.4) is 0 Å². The van der Waals surface area contributed by atoms with Gasteiger partial charge < -0.3 is 14.5 Å². The summed E-state index contributed by atoms with van der Waals surface area (Å²) in [6, 6.07) is 10.8. The van der Waals surface area contributed by atoms with Crippen molar-refractivity contribution in [2.75, 3.05) is 53.4 Å². The lowest BCUT2D eigenvalue weighted by Crippen LogP contribution is -2.53. The minimum Gasteiger partial charge on any atom is -0.497 e. The van der Waals surface area contributed by atoms with Crippen molar-refractivity contribution in [3.63, 3.8) is 0 Å². The number of piperidine rings is 1. The fraction of sp³-hybridized carbons (Fsp3) is 0.462. The maximum atomic E-state index is 13.5. The van der Waals surface area contributed by atoms with E-state index in [4.69, 9.17) is 16.3 Å². The number of carbonyl (C=O) groups excluding carboxylic acids is 1. The molecule has 2 saturated heterocycles. The van der Waals surface area contributed by atoms with E-state index in [2.05, 4.69) is 16.8 Å². The molecule has 0 spiro atoms. The summed E-state index contributed by atoms with van der Waals surface area (Å²) < 4.78 is 34.1. The Morgan fingerprint density at radius 3 is 2.26 bits per heavy atom. The lowest BCUT2D eigenvalue weighted by atomic mass is 10.0. The van der Waals surface area contributed by atoms with E-state index in [0.717, 1.165) is 43.0 Å². The Hall–Kier alpha value is -2.86. The first-order valence-electron chi connectivity index (χ1n) is 12.7. The summed E-state index contributed by atoms with van der Waals surface area (Å²) in [6.07, 6.45) is 1.76. The maximum absolute atomic E-state index is 13.5. The number of amides is 1. The number of aromatic nitrogens is 2. The number of rotatable bonds is 6. The number of methoxy groups -OCH3 is 1. The van der Waals surface area contributed by atoms with E-state index in [1.807, 2.05) is 0 Å². The summed E-state index contributed by atoms with van der Waals surface area (Å²) >= 11 is 6.21. The van der Waals surface area contributed by atoms with Crippen LogP contribution in [-0.4, -0.2) is 97.0 Å². The van der Waals surface area contributed by atoms with Crippen molar-refractivity contribution in [2.45, 2.75) is 30.3 Å². The molecule has 2 aliphatic heterocycles. The van der Waals surface area contributed by atoms with Gasteiger partial charge in [0.15, 0.2) is 0 Å². The van der Waals surface area contributed by atoms with E-state index >= 15 is 0 Å². The van der Waals surface area contributed by atoms with Gasteiger partial charge in [-0.3, -0.25) is 14.3 Å². The monoisotopic (exact) mass is 561 g/mol. The Kier molecular flexibility index (Phi) is 7.54. The summed E-state index contributed by atoms with van der Waals surface area (Å²) in [5.41, 5.74) is -0.351. The number of benzene rings is 2. The lowest BCUT2D eigenvalue weighted by molar-refractivity contribution is -0.133. The van der Waals surface area contributed by atoms with E-state index < -0.39 is 15.7 Å². The largest absolute Gasteiger partial charge is 0.497 e. The van der Waals surface area contributed by atoms with Crippen LogP contribution in [-0.2, 0) is 21.4 Å². The molecule has 1 amide bonds. The molecule has 0 unspecified atom stereocenters. The third-order valence-corrected chi connectivity index (χ3v) is 9.55. The van der Waals surface area contributed by atoms with Crippen LogP contribution < -0.4 is 10.4 Å². The van der Waals surface area contributed by atoms with Crippen LogP contribution in [0.4, 0.5) is 0 Å². The van der Waals surface area contributed by atoms with Gasteiger partial charge >= 0.3 is 5.69 Å². The van der Waals surface area contributed by atoms with Gasteiger partial charge in [0.25, 0.3) is 10.0 Å².